The van der Waals surface area contributed by atoms with Crippen molar-refractivity contribution in [3.8, 4) is 0 Å². The van der Waals surface area contributed by atoms with Crippen molar-refractivity contribution in [1.82, 2.24) is 5.32 Å². The van der Waals surface area contributed by atoms with Gasteiger partial charge in [-0.25, -0.2) is 0 Å². The monoisotopic (exact) mass is 231 g/mol. The van der Waals surface area contributed by atoms with E-state index in [1.54, 1.807) is 7.05 Å². The smallest absolute Gasteiger partial charge is 0.323 e. The number of ether oxygens (including phenoxy) is 2. The van der Waals surface area contributed by atoms with Gasteiger partial charge in [-0.15, -0.1) is 0 Å². The van der Waals surface area contributed by atoms with Crippen LogP contribution in [0.1, 0.15) is 20.3 Å². The highest BCUT2D eigenvalue weighted by molar-refractivity contribution is 5.74. The number of nitrogens with one attached hydrogen (secondary N) is 1. The van der Waals surface area contributed by atoms with Crippen LogP contribution in [0.15, 0.2) is 0 Å². The lowest BCUT2D eigenvalue weighted by Crippen LogP contribution is -2.46. The van der Waals surface area contributed by atoms with Crippen LogP contribution in [0.25, 0.3) is 0 Å². The fourth-order valence-corrected chi connectivity index (χ4v) is 1.90. The summed E-state index contributed by atoms with van der Waals surface area (Å²) in [7, 11) is 1.56. The van der Waals surface area contributed by atoms with E-state index in [1.807, 2.05) is 6.92 Å². The summed E-state index contributed by atoms with van der Waals surface area (Å²) in [6.45, 7) is 3.18. The van der Waals surface area contributed by atoms with Crippen LogP contribution in [0.2, 0.25) is 0 Å². The van der Waals surface area contributed by atoms with E-state index in [4.69, 9.17) is 14.6 Å². The Morgan fingerprint density at radius 2 is 2.19 bits per heavy atom. The molecule has 2 N–H and O–H groups in total. The van der Waals surface area contributed by atoms with Crippen LogP contribution in [-0.2, 0) is 19.1 Å². The van der Waals surface area contributed by atoms with E-state index in [1.165, 1.54) is 6.92 Å². The molecule has 16 heavy (non-hydrogen) atoms. The Hall–Kier alpha value is -1.14. The molecule has 0 bridgehead atoms. The topological polar surface area (TPSA) is 84.9 Å². The molecule has 0 aromatic rings. The molecule has 6 nitrogen and oxygen atoms in total. The number of carbonyl (C=O) groups is 2. The predicted octanol–water partition coefficient (Wildman–Crippen LogP) is -0.0268. The third kappa shape index (κ3) is 2.93. The first kappa shape index (κ1) is 12.9. The zero-order chi connectivity index (χ0) is 12.3. The van der Waals surface area contributed by atoms with Crippen LogP contribution in [-0.4, -0.2) is 42.5 Å². The van der Waals surface area contributed by atoms with Gasteiger partial charge in [-0.05, 0) is 13.0 Å². The number of likely N-dealkylation sites (N-methyl/N-ethyl adjacent to an activating group) is 1. The van der Waals surface area contributed by atoms with Gasteiger partial charge in [0.05, 0.1) is 6.10 Å². The second-order valence-electron chi connectivity index (χ2n) is 3.96. The molecule has 0 saturated carbocycles. The van der Waals surface area contributed by atoms with Gasteiger partial charge in [0.15, 0.2) is 0 Å². The summed E-state index contributed by atoms with van der Waals surface area (Å²) in [5.41, 5.74) is 0. The molecule has 1 aliphatic heterocycles. The molecule has 92 valence electrons. The Morgan fingerprint density at radius 3 is 2.62 bits per heavy atom. The molecule has 0 spiro atoms. The van der Waals surface area contributed by atoms with Crippen molar-refractivity contribution in [2.24, 2.45) is 5.92 Å². The Morgan fingerprint density at radius 1 is 1.56 bits per heavy atom. The Bertz CT molecular complexity index is 280. The van der Waals surface area contributed by atoms with Crippen LogP contribution in [0.3, 0.4) is 0 Å². The van der Waals surface area contributed by atoms with Gasteiger partial charge in [0, 0.05) is 13.3 Å². The van der Waals surface area contributed by atoms with Crippen LogP contribution < -0.4 is 5.32 Å². The van der Waals surface area contributed by atoms with Gasteiger partial charge < -0.3 is 19.9 Å². The minimum absolute atomic E-state index is 0.0258. The third-order valence-corrected chi connectivity index (χ3v) is 2.64. The average Bonchev–Trinajstić information content (AvgIpc) is 2.46. The van der Waals surface area contributed by atoms with Crippen molar-refractivity contribution < 1.29 is 24.2 Å². The zero-order valence-electron chi connectivity index (χ0n) is 9.60. The highest BCUT2D eigenvalue weighted by atomic mass is 16.7. The lowest BCUT2D eigenvalue weighted by atomic mass is 9.97. The van der Waals surface area contributed by atoms with E-state index in [-0.39, 0.29) is 5.92 Å². The van der Waals surface area contributed by atoms with Gasteiger partial charge in [-0.3, -0.25) is 9.59 Å². The van der Waals surface area contributed by atoms with Gasteiger partial charge in [0.1, 0.15) is 6.04 Å². The van der Waals surface area contributed by atoms with E-state index < -0.39 is 30.4 Å². The van der Waals surface area contributed by atoms with Crippen molar-refractivity contribution >= 4 is 11.9 Å². The molecule has 6 heteroatoms. The normalized spacial score (nSPS) is 31.1. The highest BCUT2D eigenvalue weighted by Gasteiger charge is 2.41. The van der Waals surface area contributed by atoms with Gasteiger partial charge >= 0.3 is 11.9 Å². The summed E-state index contributed by atoms with van der Waals surface area (Å²) < 4.78 is 10.3. The zero-order valence-corrected chi connectivity index (χ0v) is 9.60. The molecule has 1 heterocycles. The van der Waals surface area contributed by atoms with Crippen molar-refractivity contribution in [3.05, 3.63) is 0 Å². The first-order chi connectivity index (χ1) is 7.45. The van der Waals surface area contributed by atoms with E-state index >= 15 is 0 Å². The number of hydrogen-bond donors (Lipinski definition) is 2. The average molecular weight is 231 g/mol. The summed E-state index contributed by atoms with van der Waals surface area (Å²) in [5, 5.41) is 11.7. The minimum atomic E-state index is -0.970. The number of aliphatic carboxylic acids is 1. The summed E-state index contributed by atoms with van der Waals surface area (Å²) >= 11 is 0. The lowest BCUT2D eigenvalue weighted by Gasteiger charge is -2.21. The molecule has 0 radical (unpaired) electrons. The van der Waals surface area contributed by atoms with E-state index in [0.717, 1.165) is 0 Å². The van der Waals surface area contributed by atoms with Crippen molar-refractivity contribution in [2.75, 3.05) is 7.05 Å². The quantitative estimate of drug-likeness (QED) is 0.661. The second kappa shape index (κ2) is 5.27. The maximum Gasteiger partial charge on any atom is 0.323 e. The predicted molar refractivity (Wildman–Crippen MR) is 54.7 cm³/mol. The number of rotatable bonds is 4. The molecule has 0 aliphatic carbocycles. The van der Waals surface area contributed by atoms with Crippen molar-refractivity contribution in [3.63, 3.8) is 0 Å². The van der Waals surface area contributed by atoms with Gasteiger partial charge in [0.2, 0.25) is 6.29 Å². The van der Waals surface area contributed by atoms with Crippen molar-refractivity contribution in [2.45, 2.75) is 38.7 Å². The van der Waals surface area contributed by atoms with E-state index in [0.29, 0.717) is 6.42 Å². The maximum absolute atomic E-state index is 10.9. The molecule has 0 aromatic carbocycles. The summed E-state index contributed by atoms with van der Waals surface area (Å²) in [5.74, 6) is -1.37. The molecule has 1 fully saturated rings. The Labute approximate surface area is 93.9 Å². The number of carboxylic acids is 1. The summed E-state index contributed by atoms with van der Waals surface area (Å²) in [4.78, 5) is 21.7. The molecule has 1 saturated heterocycles. The van der Waals surface area contributed by atoms with Crippen molar-refractivity contribution in [1.29, 1.82) is 0 Å². The molecule has 4 atom stereocenters. The fraction of sp³-hybridized carbons (Fsp3) is 0.800. The Balaban J connectivity index is 2.62. The maximum atomic E-state index is 10.9. The number of carbonyl (C=O) groups excluding carboxylic acids is 1. The molecule has 1 rings (SSSR count). The van der Waals surface area contributed by atoms with Gasteiger partial charge in [-0.1, -0.05) is 6.92 Å². The highest BCUT2D eigenvalue weighted by Crippen LogP contribution is 2.29. The molecular formula is C10H17NO5. The first-order valence-electron chi connectivity index (χ1n) is 5.18. The fourth-order valence-electron chi connectivity index (χ4n) is 1.90. The largest absolute Gasteiger partial charge is 0.480 e. The molecule has 0 aromatic heterocycles. The molecule has 1 aliphatic rings. The van der Waals surface area contributed by atoms with Gasteiger partial charge in [0.25, 0.3) is 0 Å². The minimum Gasteiger partial charge on any atom is -0.480 e. The van der Waals surface area contributed by atoms with Crippen LogP contribution >= 0.6 is 0 Å². The van der Waals surface area contributed by atoms with Crippen LogP contribution in [0.4, 0.5) is 0 Å². The summed E-state index contributed by atoms with van der Waals surface area (Å²) in [6, 6.07) is -0.782. The Kier molecular flexibility index (Phi) is 4.26. The number of hydrogen-bond acceptors (Lipinski definition) is 5. The second-order valence-corrected chi connectivity index (χ2v) is 3.96. The SMILES string of the molecule is CNC(C(=O)O)[C@@H]1OC(OC(C)=O)C[C@H]1C. The third-order valence-electron chi connectivity index (χ3n) is 2.64. The first-order valence-corrected chi connectivity index (χ1v) is 5.18. The van der Waals surface area contributed by atoms with Crippen LogP contribution in [0, 0.1) is 5.92 Å². The van der Waals surface area contributed by atoms with E-state index in [9.17, 15) is 9.59 Å². The molecule has 0 amide bonds. The standard InChI is InChI=1S/C10H17NO5/c1-5-4-7(15-6(2)12)16-9(5)8(11-3)10(13)14/h5,7-9,11H,4H2,1-3H3,(H,13,14)/t5-,7?,8?,9-/m1/s1. The number of carboxylic acid groups (broad SMARTS) is 1. The lowest BCUT2D eigenvalue weighted by molar-refractivity contribution is -0.176. The molecule has 2 unspecified atom stereocenters. The van der Waals surface area contributed by atoms with E-state index in [2.05, 4.69) is 5.32 Å². The van der Waals surface area contributed by atoms with Crippen LogP contribution in [0.5, 0.6) is 0 Å². The summed E-state index contributed by atoms with van der Waals surface area (Å²) in [6.07, 6.45) is -0.588. The molecular weight excluding hydrogens is 214 g/mol. The van der Waals surface area contributed by atoms with Gasteiger partial charge in [-0.2, -0.15) is 0 Å². The number of esters is 1.